The molecule has 4 heteroatoms. The average molecular weight is 266 g/mol. The van der Waals surface area contributed by atoms with Gasteiger partial charge in [0.15, 0.2) is 0 Å². The SMILES string of the molecule is COc1cccc(F)c1C(C)N1CCCC(CN)C1. The zero-order chi connectivity index (χ0) is 13.8. The second-order valence-electron chi connectivity index (χ2n) is 5.27. The lowest BCUT2D eigenvalue weighted by atomic mass is 9.95. The van der Waals surface area contributed by atoms with Crippen LogP contribution < -0.4 is 10.5 Å². The minimum Gasteiger partial charge on any atom is -0.496 e. The van der Waals surface area contributed by atoms with Gasteiger partial charge in [-0.25, -0.2) is 4.39 Å². The number of halogens is 1. The van der Waals surface area contributed by atoms with Crippen LogP contribution in [-0.2, 0) is 0 Å². The molecule has 2 atom stereocenters. The normalized spacial score (nSPS) is 22.2. The van der Waals surface area contributed by atoms with Crippen LogP contribution in [0.25, 0.3) is 0 Å². The number of piperidine rings is 1. The summed E-state index contributed by atoms with van der Waals surface area (Å²) in [4.78, 5) is 2.31. The molecule has 0 radical (unpaired) electrons. The van der Waals surface area contributed by atoms with Gasteiger partial charge in [0.05, 0.1) is 7.11 Å². The third kappa shape index (κ3) is 3.07. The molecule has 2 unspecified atom stereocenters. The molecule has 0 amide bonds. The Bertz CT molecular complexity index is 425. The third-order valence-corrected chi connectivity index (χ3v) is 4.08. The van der Waals surface area contributed by atoms with E-state index in [4.69, 9.17) is 10.5 Å². The largest absolute Gasteiger partial charge is 0.496 e. The van der Waals surface area contributed by atoms with Crippen molar-refractivity contribution in [2.24, 2.45) is 11.7 Å². The molecule has 19 heavy (non-hydrogen) atoms. The summed E-state index contributed by atoms with van der Waals surface area (Å²) in [7, 11) is 1.59. The fraction of sp³-hybridized carbons (Fsp3) is 0.600. The van der Waals surface area contributed by atoms with Crippen molar-refractivity contribution < 1.29 is 9.13 Å². The Hall–Kier alpha value is -1.13. The molecule has 2 N–H and O–H groups in total. The number of hydrogen-bond donors (Lipinski definition) is 1. The maximum atomic E-state index is 14.1. The van der Waals surface area contributed by atoms with E-state index in [1.54, 1.807) is 13.2 Å². The van der Waals surface area contributed by atoms with Gasteiger partial charge in [0.1, 0.15) is 11.6 Å². The van der Waals surface area contributed by atoms with Crippen molar-refractivity contribution in [2.75, 3.05) is 26.7 Å². The molecule has 1 aromatic rings. The van der Waals surface area contributed by atoms with E-state index in [9.17, 15) is 4.39 Å². The van der Waals surface area contributed by atoms with Crippen LogP contribution in [0, 0.1) is 11.7 Å². The summed E-state index contributed by atoms with van der Waals surface area (Å²) in [6, 6.07) is 5.02. The van der Waals surface area contributed by atoms with Crippen LogP contribution in [0.2, 0.25) is 0 Å². The minimum atomic E-state index is -0.193. The predicted octanol–water partition coefficient (Wildman–Crippen LogP) is 2.57. The van der Waals surface area contributed by atoms with Gasteiger partial charge in [0, 0.05) is 18.2 Å². The van der Waals surface area contributed by atoms with E-state index >= 15 is 0 Å². The number of nitrogens with two attached hydrogens (primary N) is 1. The lowest BCUT2D eigenvalue weighted by molar-refractivity contribution is 0.130. The molecule has 1 heterocycles. The summed E-state index contributed by atoms with van der Waals surface area (Å²) >= 11 is 0. The van der Waals surface area contributed by atoms with E-state index in [1.807, 2.05) is 13.0 Å². The maximum Gasteiger partial charge on any atom is 0.131 e. The van der Waals surface area contributed by atoms with Crippen LogP contribution in [0.1, 0.15) is 31.4 Å². The van der Waals surface area contributed by atoms with Crippen LogP contribution in [-0.4, -0.2) is 31.6 Å². The van der Waals surface area contributed by atoms with Gasteiger partial charge in [-0.3, -0.25) is 4.90 Å². The lowest BCUT2D eigenvalue weighted by Crippen LogP contribution is -2.40. The number of nitrogens with zero attached hydrogens (tertiary/aromatic N) is 1. The standard InChI is InChI=1S/C15H23FN2O/c1-11(18-8-4-5-12(9-17)10-18)15-13(16)6-3-7-14(15)19-2/h3,6-7,11-12H,4-5,8-10,17H2,1-2H3. The average Bonchev–Trinajstić information content (AvgIpc) is 2.46. The van der Waals surface area contributed by atoms with Crippen LogP contribution in [0.3, 0.4) is 0 Å². The molecular formula is C15H23FN2O. The van der Waals surface area contributed by atoms with E-state index in [1.165, 1.54) is 12.5 Å². The van der Waals surface area contributed by atoms with Crippen LogP contribution in [0.4, 0.5) is 4.39 Å². The fourth-order valence-corrected chi connectivity index (χ4v) is 2.92. The number of benzene rings is 1. The van der Waals surface area contributed by atoms with Crippen molar-refractivity contribution in [2.45, 2.75) is 25.8 Å². The number of ether oxygens (including phenoxy) is 1. The molecule has 1 saturated heterocycles. The Kier molecular flexibility index (Phi) is 4.77. The van der Waals surface area contributed by atoms with Crippen molar-refractivity contribution in [3.8, 4) is 5.75 Å². The van der Waals surface area contributed by atoms with Gasteiger partial charge < -0.3 is 10.5 Å². The molecule has 0 aliphatic carbocycles. The van der Waals surface area contributed by atoms with Crippen molar-refractivity contribution in [3.05, 3.63) is 29.6 Å². The first-order valence-corrected chi connectivity index (χ1v) is 6.94. The number of rotatable bonds is 4. The second-order valence-corrected chi connectivity index (χ2v) is 5.27. The number of likely N-dealkylation sites (tertiary alicyclic amines) is 1. The van der Waals surface area contributed by atoms with Gasteiger partial charge in [0.2, 0.25) is 0 Å². The topological polar surface area (TPSA) is 38.5 Å². The summed E-state index contributed by atoms with van der Waals surface area (Å²) in [6.07, 6.45) is 2.30. The molecule has 0 saturated carbocycles. The van der Waals surface area contributed by atoms with E-state index in [0.29, 0.717) is 23.8 Å². The molecule has 0 spiro atoms. The summed E-state index contributed by atoms with van der Waals surface area (Å²) in [5.41, 5.74) is 6.42. The summed E-state index contributed by atoms with van der Waals surface area (Å²) in [5, 5.41) is 0. The first-order valence-electron chi connectivity index (χ1n) is 6.94. The van der Waals surface area contributed by atoms with Gasteiger partial charge in [-0.2, -0.15) is 0 Å². The molecule has 106 valence electrons. The van der Waals surface area contributed by atoms with Gasteiger partial charge in [0.25, 0.3) is 0 Å². The monoisotopic (exact) mass is 266 g/mol. The molecule has 1 aromatic carbocycles. The third-order valence-electron chi connectivity index (χ3n) is 4.08. The van der Waals surface area contributed by atoms with E-state index < -0.39 is 0 Å². The van der Waals surface area contributed by atoms with Crippen molar-refractivity contribution in [3.63, 3.8) is 0 Å². The summed E-state index contributed by atoms with van der Waals surface area (Å²) < 4.78 is 19.4. The molecular weight excluding hydrogens is 243 g/mol. The van der Waals surface area contributed by atoms with Crippen molar-refractivity contribution in [1.29, 1.82) is 0 Å². The van der Waals surface area contributed by atoms with Crippen LogP contribution in [0.5, 0.6) is 5.75 Å². The molecule has 2 rings (SSSR count). The smallest absolute Gasteiger partial charge is 0.131 e. The summed E-state index contributed by atoms with van der Waals surface area (Å²) in [6.45, 7) is 4.68. The molecule has 1 aliphatic rings. The van der Waals surface area contributed by atoms with Gasteiger partial charge >= 0.3 is 0 Å². The Morgan fingerprint density at radius 1 is 1.53 bits per heavy atom. The fourth-order valence-electron chi connectivity index (χ4n) is 2.92. The Balaban J connectivity index is 2.21. The van der Waals surface area contributed by atoms with Crippen LogP contribution in [0.15, 0.2) is 18.2 Å². The highest BCUT2D eigenvalue weighted by atomic mass is 19.1. The van der Waals surface area contributed by atoms with Gasteiger partial charge in [-0.15, -0.1) is 0 Å². The maximum absolute atomic E-state index is 14.1. The highest BCUT2D eigenvalue weighted by Gasteiger charge is 2.27. The molecule has 1 fully saturated rings. The first kappa shape index (κ1) is 14.3. The zero-order valence-corrected chi connectivity index (χ0v) is 11.7. The zero-order valence-electron chi connectivity index (χ0n) is 11.7. The predicted molar refractivity (Wildman–Crippen MR) is 74.7 cm³/mol. The quantitative estimate of drug-likeness (QED) is 0.910. The highest BCUT2D eigenvalue weighted by Crippen LogP contribution is 2.33. The molecule has 3 nitrogen and oxygen atoms in total. The Morgan fingerprint density at radius 2 is 2.32 bits per heavy atom. The lowest BCUT2D eigenvalue weighted by Gasteiger charge is -2.37. The Labute approximate surface area is 114 Å². The number of hydrogen-bond acceptors (Lipinski definition) is 3. The summed E-state index contributed by atoms with van der Waals surface area (Å²) in [5.74, 6) is 0.957. The molecule has 0 bridgehead atoms. The van der Waals surface area contributed by atoms with E-state index in [2.05, 4.69) is 4.90 Å². The minimum absolute atomic E-state index is 0.0190. The van der Waals surface area contributed by atoms with Crippen molar-refractivity contribution >= 4 is 0 Å². The Morgan fingerprint density at radius 3 is 3.00 bits per heavy atom. The van der Waals surface area contributed by atoms with Gasteiger partial charge in [-0.1, -0.05) is 6.07 Å². The van der Waals surface area contributed by atoms with Crippen molar-refractivity contribution in [1.82, 2.24) is 4.90 Å². The van der Waals surface area contributed by atoms with E-state index in [-0.39, 0.29) is 11.9 Å². The van der Waals surface area contributed by atoms with E-state index in [0.717, 1.165) is 19.5 Å². The second kappa shape index (κ2) is 6.35. The molecule has 0 aromatic heterocycles. The van der Waals surface area contributed by atoms with Crippen LogP contribution >= 0.6 is 0 Å². The highest BCUT2D eigenvalue weighted by molar-refractivity contribution is 5.37. The first-order chi connectivity index (χ1) is 9.17. The molecule has 1 aliphatic heterocycles. The number of methoxy groups -OCH3 is 1. The van der Waals surface area contributed by atoms with Gasteiger partial charge in [-0.05, 0) is 50.9 Å².